The van der Waals surface area contributed by atoms with Gasteiger partial charge in [-0.2, -0.15) is 0 Å². The molecule has 25 heavy (non-hydrogen) atoms. The average Bonchev–Trinajstić information content (AvgIpc) is 2.62. The van der Waals surface area contributed by atoms with Gasteiger partial charge in [0, 0.05) is 22.3 Å². The van der Waals surface area contributed by atoms with Crippen molar-refractivity contribution >= 4 is 21.6 Å². The van der Waals surface area contributed by atoms with Crippen molar-refractivity contribution in [3.8, 4) is 5.75 Å². The predicted molar refractivity (Wildman–Crippen MR) is 103 cm³/mol. The van der Waals surface area contributed by atoms with Crippen LogP contribution in [0.5, 0.6) is 5.75 Å². The van der Waals surface area contributed by atoms with Crippen molar-refractivity contribution in [1.29, 1.82) is 0 Å². The van der Waals surface area contributed by atoms with Crippen LogP contribution in [-0.4, -0.2) is 0 Å². The maximum absolute atomic E-state index is 13.0. The van der Waals surface area contributed by atoms with Gasteiger partial charge in [-0.15, -0.1) is 0 Å². The number of aryl methyl sites for hydroxylation is 1. The van der Waals surface area contributed by atoms with Crippen LogP contribution in [0.15, 0.2) is 71.2 Å². The molecular formula is C21H19BrFNO. The third kappa shape index (κ3) is 4.83. The monoisotopic (exact) mass is 399 g/mol. The summed E-state index contributed by atoms with van der Waals surface area (Å²) in [6, 6.07) is 20.5. The van der Waals surface area contributed by atoms with Gasteiger partial charge in [-0.25, -0.2) is 4.39 Å². The van der Waals surface area contributed by atoms with E-state index in [1.165, 1.54) is 23.3 Å². The van der Waals surface area contributed by atoms with E-state index in [0.29, 0.717) is 13.2 Å². The number of halogens is 2. The van der Waals surface area contributed by atoms with E-state index in [1.54, 1.807) is 12.1 Å². The lowest BCUT2D eigenvalue weighted by Crippen LogP contribution is -2.04. The van der Waals surface area contributed by atoms with Gasteiger partial charge in [0.2, 0.25) is 0 Å². The fraction of sp³-hybridized carbons (Fsp3) is 0.143. The molecule has 3 aromatic carbocycles. The first-order chi connectivity index (χ1) is 12.1. The highest BCUT2D eigenvalue weighted by molar-refractivity contribution is 9.10. The van der Waals surface area contributed by atoms with E-state index in [2.05, 4.69) is 40.3 Å². The summed E-state index contributed by atoms with van der Waals surface area (Å²) in [5.41, 5.74) is 4.28. The van der Waals surface area contributed by atoms with Crippen molar-refractivity contribution in [1.82, 2.24) is 0 Å². The molecule has 0 spiro atoms. The molecule has 0 heterocycles. The molecule has 3 aromatic rings. The summed E-state index contributed by atoms with van der Waals surface area (Å²) in [6.45, 7) is 3.20. The number of ether oxygens (including phenoxy) is 1. The van der Waals surface area contributed by atoms with Gasteiger partial charge in [0.1, 0.15) is 18.2 Å². The van der Waals surface area contributed by atoms with Crippen molar-refractivity contribution < 1.29 is 9.13 Å². The van der Waals surface area contributed by atoms with E-state index in [9.17, 15) is 4.39 Å². The second kappa shape index (κ2) is 8.17. The van der Waals surface area contributed by atoms with Gasteiger partial charge in [0.25, 0.3) is 0 Å². The zero-order valence-corrected chi connectivity index (χ0v) is 15.5. The zero-order valence-electron chi connectivity index (χ0n) is 13.9. The van der Waals surface area contributed by atoms with E-state index in [0.717, 1.165) is 21.5 Å². The van der Waals surface area contributed by atoms with Gasteiger partial charge in [-0.3, -0.25) is 0 Å². The van der Waals surface area contributed by atoms with Crippen LogP contribution in [0.3, 0.4) is 0 Å². The van der Waals surface area contributed by atoms with Gasteiger partial charge >= 0.3 is 0 Å². The SMILES string of the molecule is Cc1ccccc1COc1ccc(Br)cc1CNc1ccc(F)cc1. The van der Waals surface area contributed by atoms with Crippen LogP contribution < -0.4 is 10.1 Å². The summed E-state index contributed by atoms with van der Waals surface area (Å²) in [5, 5.41) is 3.30. The standard InChI is InChI=1S/C21H19BrFNO/c1-15-4-2-3-5-16(15)14-25-21-11-6-18(22)12-17(21)13-24-20-9-7-19(23)8-10-20/h2-12,24H,13-14H2,1H3. The molecule has 0 fully saturated rings. The van der Waals surface area contributed by atoms with Crippen LogP contribution in [0, 0.1) is 12.7 Å². The van der Waals surface area contributed by atoms with Crippen molar-refractivity contribution in [2.75, 3.05) is 5.32 Å². The third-order valence-corrected chi connectivity index (χ3v) is 4.49. The number of hydrogen-bond acceptors (Lipinski definition) is 2. The summed E-state index contributed by atoms with van der Waals surface area (Å²) in [7, 11) is 0. The average molecular weight is 400 g/mol. The Morgan fingerprint density at radius 1 is 0.960 bits per heavy atom. The maximum Gasteiger partial charge on any atom is 0.124 e. The molecule has 0 aromatic heterocycles. The summed E-state index contributed by atoms with van der Waals surface area (Å²) in [4.78, 5) is 0. The molecule has 0 amide bonds. The Labute approximate surface area is 155 Å². The molecular weight excluding hydrogens is 381 g/mol. The highest BCUT2D eigenvalue weighted by Gasteiger charge is 2.07. The minimum absolute atomic E-state index is 0.241. The normalized spacial score (nSPS) is 10.5. The molecule has 0 saturated carbocycles. The number of rotatable bonds is 6. The largest absolute Gasteiger partial charge is 0.489 e. The highest BCUT2D eigenvalue weighted by Crippen LogP contribution is 2.25. The molecule has 3 rings (SSSR count). The van der Waals surface area contributed by atoms with Crippen LogP contribution in [0.1, 0.15) is 16.7 Å². The van der Waals surface area contributed by atoms with Gasteiger partial charge in [-0.1, -0.05) is 40.2 Å². The summed E-state index contributed by atoms with van der Waals surface area (Å²) < 4.78 is 20.0. The van der Waals surface area contributed by atoms with Crippen molar-refractivity contribution in [3.63, 3.8) is 0 Å². The van der Waals surface area contributed by atoms with Crippen molar-refractivity contribution in [2.24, 2.45) is 0 Å². The quantitative estimate of drug-likeness (QED) is 0.541. The fourth-order valence-electron chi connectivity index (χ4n) is 2.52. The fourth-order valence-corrected chi connectivity index (χ4v) is 2.93. The Bertz CT molecular complexity index is 849. The number of nitrogens with one attached hydrogen (secondary N) is 1. The lowest BCUT2D eigenvalue weighted by Gasteiger charge is -2.14. The van der Waals surface area contributed by atoms with Crippen LogP contribution in [0.25, 0.3) is 0 Å². The Balaban J connectivity index is 1.71. The first kappa shape index (κ1) is 17.5. The highest BCUT2D eigenvalue weighted by atomic mass is 79.9. The Kier molecular flexibility index (Phi) is 5.71. The second-order valence-electron chi connectivity index (χ2n) is 5.83. The molecule has 0 aliphatic heterocycles. The van der Waals surface area contributed by atoms with Crippen LogP contribution in [0.4, 0.5) is 10.1 Å². The molecule has 0 radical (unpaired) electrons. The van der Waals surface area contributed by atoms with E-state index in [-0.39, 0.29) is 5.82 Å². The first-order valence-corrected chi connectivity index (χ1v) is 8.86. The summed E-state index contributed by atoms with van der Waals surface area (Å²) in [5.74, 6) is 0.594. The predicted octanol–water partition coefficient (Wildman–Crippen LogP) is 6.09. The number of hydrogen-bond donors (Lipinski definition) is 1. The topological polar surface area (TPSA) is 21.3 Å². The zero-order chi connectivity index (χ0) is 17.6. The third-order valence-electron chi connectivity index (χ3n) is 3.99. The Morgan fingerprint density at radius 3 is 2.48 bits per heavy atom. The minimum Gasteiger partial charge on any atom is -0.489 e. The molecule has 2 nitrogen and oxygen atoms in total. The molecule has 0 unspecified atom stereocenters. The van der Waals surface area contributed by atoms with Crippen molar-refractivity contribution in [2.45, 2.75) is 20.1 Å². The summed E-state index contributed by atoms with van der Waals surface area (Å²) in [6.07, 6.45) is 0. The lowest BCUT2D eigenvalue weighted by molar-refractivity contribution is 0.302. The number of benzene rings is 3. The van der Waals surface area contributed by atoms with Crippen LogP contribution in [-0.2, 0) is 13.2 Å². The molecule has 0 atom stereocenters. The molecule has 0 aliphatic rings. The van der Waals surface area contributed by atoms with Crippen LogP contribution in [0.2, 0.25) is 0 Å². The molecule has 1 N–H and O–H groups in total. The van der Waals surface area contributed by atoms with Gasteiger partial charge in [0.05, 0.1) is 0 Å². The van der Waals surface area contributed by atoms with Gasteiger partial charge in [-0.05, 0) is 60.5 Å². The van der Waals surface area contributed by atoms with E-state index in [1.807, 2.05) is 30.3 Å². The smallest absolute Gasteiger partial charge is 0.124 e. The Hall–Kier alpha value is -2.33. The molecule has 4 heteroatoms. The maximum atomic E-state index is 13.0. The van der Waals surface area contributed by atoms with E-state index < -0.39 is 0 Å². The summed E-state index contributed by atoms with van der Waals surface area (Å²) >= 11 is 3.51. The van der Waals surface area contributed by atoms with Crippen molar-refractivity contribution in [3.05, 3.63) is 93.7 Å². The lowest BCUT2D eigenvalue weighted by atomic mass is 10.1. The van der Waals surface area contributed by atoms with Gasteiger partial charge < -0.3 is 10.1 Å². The molecule has 128 valence electrons. The number of anilines is 1. The minimum atomic E-state index is -0.241. The molecule has 0 saturated heterocycles. The molecule has 0 bridgehead atoms. The first-order valence-electron chi connectivity index (χ1n) is 8.07. The second-order valence-corrected chi connectivity index (χ2v) is 6.74. The van der Waals surface area contributed by atoms with E-state index >= 15 is 0 Å². The molecule has 0 aliphatic carbocycles. The van der Waals surface area contributed by atoms with Crippen LogP contribution >= 0.6 is 15.9 Å². The van der Waals surface area contributed by atoms with E-state index in [4.69, 9.17) is 4.74 Å². The Morgan fingerprint density at radius 2 is 1.72 bits per heavy atom. The van der Waals surface area contributed by atoms with Gasteiger partial charge in [0.15, 0.2) is 0 Å².